The van der Waals surface area contributed by atoms with Crippen molar-refractivity contribution < 1.29 is 29.0 Å². The molecule has 0 spiro atoms. The van der Waals surface area contributed by atoms with Gasteiger partial charge in [-0.05, 0) is 56.2 Å². The third-order valence-electron chi connectivity index (χ3n) is 10.3. The van der Waals surface area contributed by atoms with Crippen LogP contribution in [0.15, 0.2) is 89.0 Å². The Morgan fingerprint density at radius 3 is 2.40 bits per heavy atom. The van der Waals surface area contributed by atoms with E-state index in [0.717, 1.165) is 43.6 Å². The topological polar surface area (TPSA) is 104 Å². The molecule has 7 rings (SSSR count). The minimum Gasteiger partial charge on any atom is -0.491 e. The highest BCUT2D eigenvalue weighted by atomic mass is 16.5. The molecular weight excluding hydrogens is 568 g/mol. The van der Waals surface area contributed by atoms with Gasteiger partial charge in [0, 0.05) is 53.9 Å². The summed E-state index contributed by atoms with van der Waals surface area (Å²) in [5.74, 6) is -2.10. The van der Waals surface area contributed by atoms with Crippen molar-refractivity contribution >= 4 is 23.4 Å². The molecule has 5 aliphatic rings. The number of rotatable bonds is 7. The lowest BCUT2D eigenvalue weighted by Gasteiger charge is -2.42. The molecule has 232 valence electrons. The molecule has 2 aromatic rings. The molecule has 0 radical (unpaired) electrons. The van der Waals surface area contributed by atoms with Crippen molar-refractivity contribution in [2.24, 2.45) is 17.8 Å². The second-order valence-corrected chi connectivity index (χ2v) is 12.9. The Hall–Kier alpha value is -4.14. The standard InChI is InChI=1S/C37H38N2O6/c1-22-19-30(41)29-20-28-25(32(34(29)35(22)42)26-9-5-6-10-31(26)45-18-17-40)11-12-27-33(28)37(44)39(36(27)43)24-13-15-38(16-14-24)21-23-7-3-2-4-8-23/h2-11,19,24,27-28,32-33,40H,12-18,20-21H2,1H3. The second-order valence-electron chi connectivity index (χ2n) is 12.9. The van der Waals surface area contributed by atoms with E-state index < -0.39 is 17.8 Å². The van der Waals surface area contributed by atoms with Gasteiger partial charge in [0.1, 0.15) is 12.4 Å². The molecule has 45 heavy (non-hydrogen) atoms. The number of piperidine rings is 1. The number of hydrogen-bond donors (Lipinski definition) is 1. The van der Waals surface area contributed by atoms with Crippen LogP contribution in [0.3, 0.4) is 0 Å². The first kappa shape index (κ1) is 29.6. The predicted molar refractivity (Wildman–Crippen MR) is 167 cm³/mol. The van der Waals surface area contributed by atoms with Gasteiger partial charge in [0.25, 0.3) is 0 Å². The minimum atomic E-state index is -0.576. The number of aliphatic hydroxyl groups is 1. The molecule has 2 fully saturated rings. The number of likely N-dealkylation sites (tertiary alicyclic amines) is 2. The van der Waals surface area contributed by atoms with Gasteiger partial charge in [-0.3, -0.25) is 29.0 Å². The molecule has 2 amide bonds. The number of imide groups is 1. The van der Waals surface area contributed by atoms with Crippen LogP contribution in [0.4, 0.5) is 0 Å². The zero-order valence-corrected chi connectivity index (χ0v) is 25.5. The predicted octanol–water partition coefficient (Wildman–Crippen LogP) is 4.15. The molecule has 8 nitrogen and oxygen atoms in total. The van der Waals surface area contributed by atoms with Crippen molar-refractivity contribution in [1.82, 2.24) is 9.80 Å². The van der Waals surface area contributed by atoms with Gasteiger partial charge in [0.15, 0.2) is 11.6 Å². The molecule has 4 atom stereocenters. The Labute approximate surface area is 263 Å². The summed E-state index contributed by atoms with van der Waals surface area (Å²) in [5.41, 5.74) is 4.15. The van der Waals surface area contributed by atoms with E-state index in [9.17, 15) is 24.3 Å². The van der Waals surface area contributed by atoms with Gasteiger partial charge >= 0.3 is 0 Å². The highest BCUT2D eigenvalue weighted by Crippen LogP contribution is 2.56. The van der Waals surface area contributed by atoms with E-state index >= 15 is 0 Å². The molecule has 4 unspecified atom stereocenters. The maximum absolute atomic E-state index is 14.3. The first-order valence-electron chi connectivity index (χ1n) is 16.0. The van der Waals surface area contributed by atoms with Crippen molar-refractivity contribution in [3.8, 4) is 5.75 Å². The number of benzene rings is 2. The number of allylic oxidation sites excluding steroid dienone is 6. The van der Waals surface area contributed by atoms with Crippen LogP contribution >= 0.6 is 0 Å². The molecule has 1 N–H and O–H groups in total. The van der Waals surface area contributed by atoms with E-state index in [1.165, 1.54) is 11.6 Å². The quantitative estimate of drug-likeness (QED) is 0.287. The summed E-state index contributed by atoms with van der Waals surface area (Å²) in [6, 6.07) is 17.6. The third kappa shape index (κ3) is 5.10. The Morgan fingerprint density at radius 2 is 1.64 bits per heavy atom. The average Bonchev–Trinajstić information content (AvgIpc) is 3.32. The number of Topliss-reactive ketones (excluding diaryl/α,β-unsaturated/α-hetero) is 1. The van der Waals surface area contributed by atoms with Gasteiger partial charge in [0.2, 0.25) is 11.8 Å². The second kappa shape index (κ2) is 12.0. The molecule has 2 aromatic carbocycles. The fourth-order valence-electron chi connectivity index (χ4n) is 8.28. The fraction of sp³-hybridized carbons (Fsp3) is 0.405. The number of carbonyl (C=O) groups is 4. The summed E-state index contributed by atoms with van der Waals surface area (Å²) in [4.78, 5) is 59.4. The number of carbonyl (C=O) groups excluding carboxylic acids is 4. The number of nitrogens with zero attached hydrogens (tertiary/aromatic N) is 2. The van der Waals surface area contributed by atoms with Crippen LogP contribution in [0.2, 0.25) is 0 Å². The van der Waals surface area contributed by atoms with Gasteiger partial charge in [-0.2, -0.15) is 0 Å². The van der Waals surface area contributed by atoms with Crippen LogP contribution in [-0.4, -0.2) is 70.6 Å². The number of ether oxygens (including phenoxy) is 1. The number of hydrogen-bond acceptors (Lipinski definition) is 7. The van der Waals surface area contributed by atoms with E-state index in [1.807, 2.05) is 42.5 Å². The van der Waals surface area contributed by atoms with E-state index in [1.54, 1.807) is 17.9 Å². The van der Waals surface area contributed by atoms with Gasteiger partial charge in [-0.15, -0.1) is 0 Å². The maximum Gasteiger partial charge on any atom is 0.233 e. The molecule has 2 heterocycles. The van der Waals surface area contributed by atoms with Gasteiger partial charge < -0.3 is 9.84 Å². The van der Waals surface area contributed by atoms with Crippen molar-refractivity contribution in [2.45, 2.75) is 51.1 Å². The third-order valence-corrected chi connectivity index (χ3v) is 10.3. The summed E-state index contributed by atoms with van der Waals surface area (Å²) >= 11 is 0. The van der Waals surface area contributed by atoms with E-state index in [0.29, 0.717) is 28.9 Å². The summed E-state index contributed by atoms with van der Waals surface area (Å²) < 4.78 is 5.91. The van der Waals surface area contributed by atoms with Gasteiger partial charge in [0.05, 0.1) is 18.4 Å². The number of amides is 2. The zero-order chi connectivity index (χ0) is 31.2. The van der Waals surface area contributed by atoms with Gasteiger partial charge in [-0.25, -0.2) is 0 Å². The normalized spacial score (nSPS) is 27.2. The molecular formula is C37H38N2O6. The van der Waals surface area contributed by atoms with Crippen LogP contribution in [0.5, 0.6) is 5.75 Å². The zero-order valence-electron chi connectivity index (χ0n) is 25.5. The van der Waals surface area contributed by atoms with Crippen molar-refractivity contribution in [1.29, 1.82) is 0 Å². The van der Waals surface area contributed by atoms with E-state index in [-0.39, 0.29) is 55.0 Å². The van der Waals surface area contributed by atoms with Crippen molar-refractivity contribution in [2.75, 3.05) is 26.3 Å². The first-order chi connectivity index (χ1) is 21.9. The first-order valence-corrected chi connectivity index (χ1v) is 16.0. The highest BCUT2D eigenvalue weighted by molar-refractivity contribution is 6.24. The van der Waals surface area contributed by atoms with Crippen molar-refractivity contribution in [3.05, 3.63) is 100 Å². The fourth-order valence-corrected chi connectivity index (χ4v) is 8.28. The SMILES string of the molecule is CC1=CC(=O)C2=C(C1=O)C(c1ccccc1OCCO)C1=CCC3C(=O)N(C4CCN(Cc5ccccc5)CC4)C(=O)C3C1C2. The summed E-state index contributed by atoms with van der Waals surface area (Å²) in [5, 5.41) is 9.46. The summed E-state index contributed by atoms with van der Waals surface area (Å²) in [6.45, 7) is 4.04. The van der Waals surface area contributed by atoms with Gasteiger partial charge in [-0.1, -0.05) is 60.2 Å². The Kier molecular flexibility index (Phi) is 7.88. The van der Waals surface area contributed by atoms with Crippen LogP contribution < -0.4 is 4.74 Å². The molecule has 2 aliphatic heterocycles. The lowest BCUT2D eigenvalue weighted by Crippen LogP contribution is -2.47. The molecule has 0 aromatic heterocycles. The van der Waals surface area contributed by atoms with Crippen LogP contribution in [0.1, 0.15) is 49.7 Å². The molecule has 0 bridgehead atoms. The maximum atomic E-state index is 14.3. The Balaban J connectivity index is 1.19. The Morgan fingerprint density at radius 1 is 0.911 bits per heavy atom. The lowest BCUT2D eigenvalue weighted by molar-refractivity contribution is -0.144. The number of fused-ring (bicyclic) bond motifs is 3. The smallest absolute Gasteiger partial charge is 0.233 e. The average molecular weight is 607 g/mol. The number of ketones is 2. The monoisotopic (exact) mass is 606 g/mol. The number of aliphatic hydroxyl groups excluding tert-OH is 1. The van der Waals surface area contributed by atoms with E-state index in [2.05, 4.69) is 17.0 Å². The van der Waals surface area contributed by atoms with E-state index in [4.69, 9.17) is 4.74 Å². The molecule has 2 saturated heterocycles. The van der Waals surface area contributed by atoms with Crippen LogP contribution in [-0.2, 0) is 25.7 Å². The number of para-hydroxylation sites is 1. The largest absolute Gasteiger partial charge is 0.491 e. The highest BCUT2D eigenvalue weighted by Gasteiger charge is 2.57. The molecule has 3 aliphatic carbocycles. The minimum absolute atomic E-state index is 0.0841. The molecule has 8 heteroatoms. The van der Waals surface area contributed by atoms with Crippen LogP contribution in [0, 0.1) is 17.8 Å². The Bertz CT molecular complexity index is 1650. The summed E-state index contributed by atoms with van der Waals surface area (Å²) in [6.07, 6.45) is 5.60. The lowest BCUT2D eigenvalue weighted by atomic mass is 9.59. The van der Waals surface area contributed by atoms with Crippen LogP contribution in [0.25, 0.3) is 0 Å². The molecule has 0 saturated carbocycles. The summed E-state index contributed by atoms with van der Waals surface area (Å²) in [7, 11) is 0. The van der Waals surface area contributed by atoms with Crippen molar-refractivity contribution in [3.63, 3.8) is 0 Å².